The standard InChI is InChI=1S/C29H27NO/c1-23-10-8-9-15-28(23)20-29(31)30(21-24-11-4-2-5-12-24)22-25-16-18-27(19-17-25)26-13-6-3-7-14-26/h2-19H,20-22H2,1H3. The normalized spacial score (nSPS) is 10.6. The molecule has 0 saturated carbocycles. The van der Waals surface area contributed by atoms with Crippen molar-refractivity contribution in [3.05, 3.63) is 131 Å². The molecule has 0 radical (unpaired) electrons. The van der Waals surface area contributed by atoms with Crippen LogP contribution in [-0.2, 0) is 24.3 Å². The van der Waals surface area contributed by atoms with Gasteiger partial charge in [-0.15, -0.1) is 0 Å². The van der Waals surface area contributed by atoms with Crippen molar-refractivity contribution < 1.29 is 4.79 Å². The van der Waals surface area contributed by atoms with Gasteiger partial charge in [0.2, 0.25) is 5.91 Å². The first-order valence-corrected chi connectivity index (χ1v) is 10.7. The van der Waals surface area contributed by atoms with Crippen LogP contribution in [0.15, 0.2) is 109 Å². The molecule has 0 spiro atoms. The van der Waals surface area contributed by atoms with E-state index in [1.165, 1.54) is 11.1 Å². The first kappa shape index (κ1) is 20.6. The number of amides is 1. The molecule has 154 valence electrons. The molecular weight excluding hydrogens is 378 g/mol. The molecule has 0 fully saturated rings. The van der Waals surface area contributed by atoms with Crippen LogP contribution in [0, 0.1) is 6.92 Å². The summed E-state index contributed by atoms with van der Waals surface area (Å²) in [5.41, 5.74) is 6.90. The van der Waals surface area contributed by atoms with E-state index in [-0.39, 0.29) is 5.91 Å². The van der Waals surface area contributed by atoms with Crippen molar-refractivity contribution in [3.8, 4) is 11.1 Å². The average molecular weight is 406 g/mol. The fourth-order valence-electron chi connectivity index (χ4n) is 3.77. The molecule has 0 bridgehead atoms. The lowest BCUT2D eigenvalue weighted by Gasteiger charge is -2.24. The predicted molar refractivity (Wildman–Crippen MR) is 127 cm³/mol. The minimum absolute atomic E-state index is 0.144. The highest BCUT2D eigenvalue weighted by molar-refractivity contribution is 5.79. The molecule has 4 rings (SSSR count). The monoisotopic (exact) mass is 405 g/mol. The number of hydrogen-bond acceptors (Lipinski definition) is 1. The Morgan fingerprint density at radius 2 is 1.13 bits per heavy atom. The van der Waals surface area contributed by atoms with Crippen LogP contribution in [0.4, 0.5) is 0 Å². The van der Waals surface area contributed by atoms with E-state index < -0.39 is 0 Å². The highest BCUT2D eigenvalue weighted by Crippen LogP contribution is 2.21. The van der Waals surface area contributed by atoms with E-state index in [4.69, 9.17) is 0 Å². The minimum atomic E-state index is 0.144. The van der Waals surface area contributed by atoms with Gasteiger partial charge in [-0.25, -0.2) is 0 Å². The maximum atomic E-state index is 13.3. The second-order valence-electron chi connectivity index (χ2n) is 7.90. The molecule has 2 heteroatoms. The number of carbonyl (C=O) groups excluding carboxylic acids is 1. The summed E-state index contributed by atoms with van der Waals surface area (Å²) in [7, 11) is 0. The van der Waals surface area contributed by atoms with Crippen molar-refractivity contribution in [1.29, 1.82) is 0 Å². The van der Waals surface area contributed by atoms with Gasteiger partial charge in [-0.05, 0) is 40.3 Å². The molecule has 0 aliphatic carbocycles. The van der Waals surface area contributed by atoms with Crippen molar-refractivity contribution in [2.45, 2.75) is 26.4 Å². The summed E-state index contributed by atoms with van der Waals surface area (Å²) in [4.78, 5) is 15.2. The number of nitrogens with zero attached hydrogens (tertiary/aromatic N) is 1. The number of rotatable bonds is 7. The van der Waals surface area contributed by atoms with Crippen molar-refractivity contribution in [1.82, 2.24) is 4.90 Å². The number of benzene rings is 4. The van der Waals surface area contributed by atoms with Crippen molar-refractivity contribution >= 4 is 5.91 Å². The van der Waals surface area contributed by atoms with Crippen LogP contribution >= 0.6 is 0 Å². The Morgan fingerprint density at radius 1 is 0.613 bits per heavy atom. The zero-order chi connectivity index (χ0) is 21.5. The zero-order valence-corrected chi connectivity index (χ0v) is 17.9. The molecule has 0 aliphatic heterocycles. The molecule has 2 nitrogen and oxygen atoms in total. The molecule has 1 amide bonds. The van der Waals surface area contributed by atoms with Crippen LogP contribution in [0.2, 0.25) is 0 Å². The summed E-state index contributed by atoms with van der Waals surface area (Å²) in [5, 5.41) is 0. The van der Waals surface area contributed by atoms with Gasteiger partial charge in [0.05, 0.1) is 6.42 Å². The summed E-state index contributed by atoms with van der Waals surface area (Å²) in [5.74, 6) is 0.144. The van der Waals surface area contributed by atoms with E-state index in [1.54, 1.807) is 0 Å². The Labute approximate surface area is 184 Å². The quantitative estimate of drug-likeness (QED) is 0.347. The Hall–Kier alpha value is -3.65. The molecule has 0 unspecified atom stereocenters. The molecule has 0 saturated heterocycles. The van der Waals surface area contributed by atoms with E-state index >= 15 is 0 Å². The van der Waals surface area contributed by atoms with Crippen LogP contribution in [0.3, 0.4) is 0 Å². The molecule has 0 N–H and O–H groups in total. The lowest BCUT2D eigenvalue weighted by atomic mass is 10.0. The highest BCUT2D eigenvalue weighted by Gasteiger charge is 2.16. The number of hydrogen-bond donors (Lipinski definition) is 0. The van der Waals surface area contributed by atoms with E-state index in [0.717, 1.165) is 22.3 Å². The minimum Gasteiger partial charge on any atom is -0.334 e. The Bertz CT molecular complexity index is 1120. The van der Waals surface area contributed by atoms with Gasteiger partial charge in [0, 0.05) is 13.1 Å². The third kappa shape index (κ3) is 5.49. The second-order valence-corrected chi connectivity index (χ2v) is 7.90. The van der Waals surface area contributed by atoms with Crippen molar-refractivity contribution in [3.63, 3.8) is 0 Å². The van der Waals surface area contributed by atoms with Gasteiger partial charge < -0.3 is 4.90 Å². The Morgan fingerprint density at radius 3 is 1.77 bits per heavy atom. The molecule has 0 atom stereocenters. The third-order valence-electron chi connectivity index (χ3n) is 5.61. The summed E-state index contributed by atoms with van der Waals surface area (Å²) in [6.45, 7) is 3.26. The molecule has 0 heterocycles. The predicted octanol–water partition coefficient (Wildman–Crippen LogP) is 6.43. The first-order chi connectivity index (χ1) is 15.2. The molecule has 0 aliphatic rings. The van der Waals surface area contributed by atoms with Crippen molar-refractivity contribution in [2.75, 3.05) is 0 Å². The maximum Gasteiger partial charge on any atom is 0.227 e. The summed E-state index contributed by atoms with van der Waals surface area (Å²) in [6, 6.07) is 37.2. The summed E-state index contributed by atoms with van der Waals surface area (Å²) in [6.07, 6.45) is 0.418. The Balaban J connectivity index is 1.54. The van der Waals surface area contributed by atoms with E-state index in [1.807, 2.05) is 47.4 Å². The molecule has 31 heavy (non-hydrogen) atoms. The van der Waals surface area contributed by atoms with Crippen molar-refractivity contribution in [2.24, 2.45) is 0 Å². The van der Waals surface area contributed by atoms with Gasteiger partial charge in [-0.1, -0.05) is 109 Å². The lowest BCUT2D eigenvalue weighted by molar-refractivity contribution is -0.131. The molecule has 4 aromatic rings. The Kier molecular flexibility index (Phi) is 6.59. The van der Waals surface area contributed by atoms with Gasteiger partial charge in [-0.3, -0.25) is 4.79 Å². The first-order valence-electron chi connectivity index (χ1n) is 10.7. The number of carbonyl (C=O) groups is 1. The van der Waals surface area contributed by atoms with E-state index in [0.29, 0.717) is 19.5 Å². The topological polar surface area (TPSA) is 20.3 Å². The van der Waals surface area contributed by atoms with E-state index in [2.05, 4.69) is 73.7 Å². The lowest BCUT2D eigenvalue weighted by Crippen LogP contribution is -2.31. The van der Waals surface area contributed by atoms with Gasteiger partial charge in [0.15, 0.2) is 0 Å². The highest BCUT2D eigenvalue weighted by atomic mass is 16.2. The fourth-order valence-corrected chi connectivity index (χ4v) is 3.77. The van der Waals surface area contributed by atoms with Crippen LogP contribution in [0.1, 0.15) is 22.3 Å². The van der Waals surface area contributed by atoms with Gasteiger partial charge >= 0.3 is 0 Å². The average Bonchev–Trinajstić information content (AvgIpc) is 2.82. The third-order valence-corrected chi connectivity index (χ3v) is 5.61. The van der Waals surface area contributed by atoms with Gasteiger partial charge in [0.1, 0.15) is 0 Å². The van der Waals surface area contributed by atoms with Gasteiger partial charge in [-0.2, -0.15) is 0 Å². The smallest absolute Gasteiger partial charge is 0.227 e. The summed E-state index contributed by atoms with van der Waals surface area (Å²) < 4.78 is 0. The second kappa shape index (κ2) is 9.90. The fraction of sp³-hybridized carbons (Fsp3) is 0.138. The summed E-state index contributed by atoms with van der Waals surface area (Å²) >= 11 is 0. The van der Waals surface area contributed by atoms with Crippen LogP contribution < -0.4 is 0 Å². The maximum absolute atomic E-state index is 13.3. The molecule has 0 aromatic heterocycles. The SMILES string of the molecule is Cc1ccccc1CC(=O)N(Cc1ccccc1)Cc1ccc(-c2ccccc2)cc1. The van der Waals surface area contributed by atoms with Gasteiger partial charge in [0.25, 0.3) is 0 Å². The zero-order valence-electron chi connectivity index (χ0n) is 17.9. The van der Waals surface area contributed by atoms with Crippen LogP contribution in [0.5, 0.6) is 0 Å². The largest absolute Gasteiger partial charge is 0.334 e. The molecule has 4 aromatic carbocycles. The number of aryl methyl sites for hydroxylation is 1. The van der Waals surface area contributed by atoms with Crippen LogP contribution in [-0.4, -0.2) is 10.8 Å². The van der Waals surface area contributed by atoms with Crippen LogP contribution in [0.25, 0.3) is 11.1 Å². The van der Waals surface area contributed by atoms with E-state index in [9.17, 15) is 4.79 Å². The molecular formula is C29H27NO.